The van der Waals surface area contributed by atoms with Crippen molar-refractivity contribution >= 4 is 37.3 Å². The molecule has 1 amide bonds. The Hall–Kier alpha value is -0.680. The van der Waals surface area contributed by atoms with E-state index in [2.05, 4.69) is 18.1 Å². The molecule has 6 nitrogen and oxygen atoms in total. The Kier molecular flexibility index (Phi) is 4.13. The third-order valence-corrected chi connectivity index (χ3v) is 10.1. The van der Waals surface area contributed by atoms with Crippen LogP contribution in [0.1, 0.15) is 13.8 Å². The molecule has 0 aromatic heterocycles. The average Bonchev–Trinajstić information content (AvgIpc) is 2.38. The normalized spacial score (nSPS) is 17.1. The molecule has 0 atom stereocenters. The second-order valence-corrected chi connectivity index (χ2v) is 12.7. The maximum atomic E-state index is 11.8. The number of anilines is 2. The summed E-state index contributed by atoms with van der Waals surface area (Å²) in [6.45, 7) is 3.29. The van der Waals surface area contributed by atoms with Crippen molar-refractivity contribution in [3.63, 3.8) is 0 Å². The number of rotatable bonds is 3. The van der Waals surface area contributed by atoms with Crippen LogP contribution in [0, 0.1) is 0 Å². The molecule has 0 bridgehead atoms. The van der Waals surface area contributed by atoms with Gasteiger partial charge in [0, 0.05) is 0 Å². The number of hydrogen-bond acceptors (Lipinski definition) is 5. The summed E-state index contributed by atoms with van der Waals surface area (Å²) in [6.07, 6.45) is 0. The molecule has 2 rings (SSSR count). The fraction of sp³-hybridized carbons (Fsp3) is 0.364. The predicted octanol–water partition coefficient (Wildman–Crippen LogP) is -1.59. The van der Waals surface area contributed by atoms with E-state index in [1.54, 1.807) is 37.0 Å². The second-order valence-electron chi connectivity index (χ2n) is 4.59. The molecule has 1 aromatic carbocycles. The molecule has 0 fully saturated rings. The SMILES string of the molecule is C[I-]S(=O)(=O)N(S)c1ccc2c(c1)OC(C)(C)C(=O)N2. The van der Waals surface area contributed by atoms with Crippen molar-refractivity contribution in [3.05, 3.63) is 18.2 Å². The van der Waals surface area contributed by atoms with Crippen LogP contribution in [0.25, 0.3) is 0 Å². The number of benzene rings is 1. The van der Waals surface area contributed by atoms with Crippen molar-refractivity contribution < 1.29 is 37.8 Å². The summed E-state index contributed by atoms with van der Waals surface area (Å²) in [5.74, 6) is 0.183. The van der Waals surface area contributed by atoms with Gasteiger partial charge in [-0.25, -0.2) is 0 Å². The van der Waals surface area contributed by atoms with Crippen molar-refractivity contribution in [1.29, 1.82) is 0 Å². The van der Waals surface area contributed by atoms with E-state index in [9.17, 15) is 13.2 Å². The molecule has 1 aliphatic rings. The number of thiol groups is 1. The zero-order chi connectivity index (χ0) is 15.1. The first-order valence-corrected chi connectivity index (χ1v) is 12.1. The Bertz CT molecular complexity index is 660. The predicted molar refractivity (Wildman–Crippen MR) is 76.1 cm³/mol. The summed E-state index contributed by atoms with van der Waals surface area (Å²) in [5, 5.41) is 2.72. The van der Waals surface area contributed by atoms with Crippen molar-refractivity contribution in [2.75, 3.05) is 14.0 Å². The van der Waals surface area contributed by atoms with Gasteiger partial charge >= 0.3 is 132 Å². The van der Waals surface area contributed by atoms with E-state index in [4.69, 9.17) is 4.74 Å². The molecule has 0 saturated carbocycles. The van der Waals surface area contributed by atoms with Gasteiger partial charge in [0.2, 0.25) is 0 Å². The van der Waals surface area contributed by atoms with Gasteiger partial charge in [-0.05, 0) is 0 Å². The summed E-state index contributed by atoms with van der Waals surface area (Å²) in [6, 6.07) is 4.73. The zero-order valence-corrected chi connectivity index (χ0v) is 14.9. The Balaban J connectivity index is 2.41. The molecule has 0 unspecified atom stereocenters. The molecule has 0 aliphatic carbocycles. The quantitative estimate of drug-likeness (QED) is 0.263. The van der Waals surface area contributed by atoms with Gasteiger partial charge < -0.3 is 0 Å². The van der Waals surface area contributed by atoms with Crippen molar-refractivity contribution in [2.45, 2.75) is 19.4 Å². The number of amides is 1. The standard InChI is InChI=1S/C11H14IN2O4S2/c1-11(2)10(15)13-8-5-4-7(6-9(8)18-11)14(19)20(16,17)12-3/h4-6,19H,1-3H3,(H,13,15)/q-1. The first-order valence-electron chi connectivity index (χ1n) is 5.57. The van der Waals surface area contributed by atoms with Gasteiger partial charge in [-0.3, -0.25) is 0 Å². The molecule has 1 N–H and O–H groups in total. The van der Waals surface area contributed by atoms with Crippen LogP contribution in [-0.4, -0.2) is 24.9 Å². The summed E-state index contributed by atoms with van der Waals surface area (Å²) in [7, 11) is -3.35. The van der Waals surface area contributed by atoms with Crippen LogP contribution in [0.2, 0.25) is 0 Å². The van der Waals surface area contributed by atoms with E-state index in [1.807, 2.05) is 0 Å². The van der Waals surface area contributed by atoms with Crippen LogP contribution < -0.4 is 33.6 Å². The summed E-state index contributed by atoms with van der Waals surface area (Å²) < 4.78 is 30.2. The number of halogens is 1. The molecule has 20 heavy (non-hydrogen) atoms. The van der Waals surface area contributed by atoms with Crippen molar-refractivity contribution in [2.24, 2.45) is 0 Å². The molecule has 1 aromatic rings. The maximum absolute atomic E-state index is 11.8. The number of fused-ring (bicyclic) bond motifs is 1. The number of hydrogen-bond donors (Lipinski definition) is 2. The van der Waals surface area contributed by atoms with E-state index in [0.29, 0.717) is 17.1 Å². The molecule has 1 aliphatic heterocycles. The van der Waals surface area contributed by atoms with Gasteiger partial charge in [0.1, 0.15) is 0 Å². The van der Waals surface area contributed by atoms with E-state index in [0.717, 1.165) is 3.71 Å². The number of carbonyl (C=O) groups excluding carboxylic acids is 1. The summed E-state index contributed by atoms with van der Waals surface area (Å²) >= 11 is 3.01. The van der Waals surface area contributed by atoms with E-state index < -0.39 is 32.6 Å². The van der Waals surface area contributed by atoms with Crippen LogP contribution in [0.15, 0.2) is 18.2 Å². The number of nitrogens with one attached hydrogen (secondary N) is 1. The summed E-state index contributed by atoms with van der Waals surface area (Å²) in [5.41, 5.74) is -0.0899. The van der Waals surface area contributed by atoms with Gasteiger partial charge in [0.25, 0.3) is 0 Å². The molecule has 1 heterocycles. The van der Waals surface area contributed by atoms with Crippen LogP contribution >= 0.6 is 12.8 Å². The number of nitrogens with zero attached hydrogens (tertiary/aromatic N) is 1. The Morgan fingerprint density at radius 3 is 2.65 bits per heavy atom. The third kappa shape index (κ3) is 2.84. The molecule has 0 radical (unpaired) electrons. The fourth-order valence-corrected chi connectivity index (χ4v) is 5.27. The van der Waals surface area contributed by atoms with Crippen LogP contribution in [0.3, 0.4) is 0 Å². The topological polar surface area (TPSA) is 75.7 Å². The van der Waals surface area contributed by atoms with Gasteiger partial charge in [-0.2, -0.15) is 0 Å². The second kappa shape index (κ2) is 5.26. The molecule has 0 spiro atoms. The zero-order valence-electron chi connectivity index (χ0n) is 11.0. The van der Waals surface area contributed by atoms with Crippen LogP contribution in [0.5, 0.6) is 5.75 Å². The Morgan fingerprint density at radius 1 is 1.40 bits per heavy atom. The van der Waals surface area contributed by atoms with Gasteiger partial charge in [-0.1, -0.05) is 0 Å². The third-order valence-electron chi connectivity index (χ3n) is 2.75. The average molecular weight is 429 g/mol. The van der Waals surface area contributed by atoms with E-state index in [1.165, 1.54) is 0 Å². The Labute approximate surface area is 132 Å². The molecular weight excluding hydrogens is 415 g/mol. The van der Waals surface area contributed by atoms with Gasteiger partial charge in [-0.15, -0.1) is 0 Å². The van der Waals surface area contributed by atoms with Crippen LogP contribution in [-0.2, 0) is 12.0 Å². The summed E-state index contributed by atoms with van der Waals surface area (Å²) in [4.78, 5) is 13.4. The van der Waals surface area contributed by atoms with Crippen molar-refractivity contribution in [3.8, 4) is 5.75 Å². The first kappa shape index (κ1) is 15.7. The minimum absolute atomic E-state index is 0.243. The molecule has 112 valence electrons. The molecular formula is C11H14IN2O4S2-. The number of alkyl halides is 1. The Morgan fingerprint density at radius 2 is 2.05 bits per heavy atom. The fourth-order valence-electron chi connectivity index (χ4n) is 1.60. The van der Waals surface area contributed by atoms with Crippen molar-refractivity contribution in [1.82, 2.24) is 0 Å². The van der Waals surface area contributed by atoms with Gasteiger partial charge in [0.15, 0.2) is 0 Å². The van der Waals surface area contributed by atoms with E-state index in [-0.39, 0.29) is 5.91 Å². The van der Waals surface area contributed by atoms with Gasteiger partial charge in [0.05, 0.1) is 0 Å². The number of ether oxygens (including phenoxy) is 1. The molecule has 9 heteroatoms. The first-order chi connectivity index (χ1) is 9.17. The monoisotopic (exact) mass is 429 g/mol. The van der Waals surface area contributed by atoms with Crippen LogP contribution in [0.4, 0.5) is 11.4 Å². The molecule has 0 saturated heterocycles. The number of carbonyl (C=O) groups is 1. The minimum atomic E-state index is -3.35. The van der Waals surface area contributed by atoms with E-state index >= 15 is 0 Å².